The highest BCUT2D eigenvalue weighted by Gasteiger charge is 2.32. The normalized spacial score (nSPS) is 11.9. The Morgan fingerprint density at radius 1 is 1.00 bits per heavy atom. The van der Waals surface area contributed by atoms with E-state index in [1.54, 1.807) is 12.3 Å². The average molecular weight is 360 g/mol. The standard InChI is InChI=1S/C17H25N3O2Si2/c1-23(2,3)20(16(21)14-10-8-7-9-11-14)15-12-13-18-17(19-15)22-24(4,5)6/h7-13H,1-6H3. The van der Waals surface area contributed by atoms with Gasteiger partial charge in [-0.3, -0.25) is 4.79 Å². The Hall–Kier alpha value is -2.00. The molecule has 0 saturated carbocycles. The molecule has 128 valence electrons. The van der Waals surface area contributed by atoms with Crippen LogP contribution in [0.2, 0.25) is 39.3 Å². The smallest absolute Gasteiger partial charge is 0.304 e. The molecule has 0 unspecified atom stereocenters. The molecule has 0 aliphatic rings. The third-order valence-corrected chi connectivity index (χ3v) is 5.71. The first-order valence-corrected chi connectivity index (χ1v) is 14.9. The van der Waals surface area contributed by atoms with Crippen LogP contribution in [0.3, 0.4) is 0 Å². The van der Waals surface area contributed by atoms with E-state index in [1.807, 2.05) is 34.9 Å². The largest absolute Gasteiger partial charge is 0.518 e. The maximum Gasteiger partial charge on any atom is 0.304 e. The van der Waals surface area contributed by atoms with Crippen LogP contribution in [-0.2, 0) is 0 Å². The maximum atomic E-state index is 13.1. The molecule has 0 spiro atoms. The Bertz CT molecular complexity index is 710. The van der Waals surface area contributed by atoms with E-state index >= 15 is 0 Å². The summed E-state index contributed by atoms with van der Waals surface area (Å²) in [5.74, 6) is 0.568. The Morgan fingerprint density at radius 2 is 1.62 bits per heavy atom. The van der Waals surface area contributed by atoms with Gasteiger partial charge < -0.3 is 8.99 Å². The lowest BCUT2D eigenvalue weighted by molar-refractivity contribution is 0.100. The maximum absolute atomic E-state index is 13.1. The molecule has 2 rings (SSSR count). The second-order valence-corrected chi connectivity index (χ2v) is 16.8. The Balaban J connectivity index is 2.43. The summed E-state index contributed by atoms with van der Waals surface area (Å²) >= 11 is 0. The van der Waals surface area contributed by atoms with Crippen molar-refractivity contribution >= 4 is 28.3 Å². The van der Waals surface area contributed by atoms with Crippen LogP contribution in [-0.4, -0.2) is 32.4 Å². The SMILES string of the molecule is C[Si](C)(C)Oc1nccc(N(C(=O)c2ccccc2)[Si](C)(C)C)n1. The molecular formula is C17H25N3O2Si2. The van der Waals surface area contributed by atoms with Crippen LogP contribution in [0.15, 0.2) is 42.6 Å². The summed E-state index contributed by atoms with van der Waals surface area (Å²) in [6, 6.07) is 11.4. The van der Waals surface area contributed by atoms with Gasteiger partial charge in [0.25, 0.3) is 5.91 Å². The highest BCUT2D eigenvalue weighted by atomic mass is 28.4. The van der Waals surface area contributed by atoms with Crippen LogP contribution < -0.4 is 8.99 Å². The highest BCUT2D eigenvalue weighted by molar-refractivity contribution is 6.83. The summed E-state index contributed by atoms with van der Waals surface area (Å²) in [6.07, 6.45) is 1.66. The lowest BCUT2D eigenvalue weighted by Crippen LogP contribution is -2.50. The number of hydrogen-bond acceptors (Lipinski definition) is 4. The van der Waals surface area contributed by atoms with Crippen molar-refractivity contribution in [1.82, 2.24) is 9.97 Å². The molecule has 5 nitrogen and oxygen atoms in total. The fraction of sp³-hybridized carbons (Fsp3) is 0.353. The molecule has 0 aliphatic carbocycles. The molecule has 7 heteroatoms. The Labute approximate surface area is 145 Å². The number of carbonyl (C=O) groups excluding carboxylic acids is 1. The first kappa shape index (κ1) is 18.3. The van der Waals surface area contributed by atoms with Gasteiger partial charge in [0.1, 0.15) is 5.82 Å². The lowest BCUT2D eigenvalue weighted by atomic mass is 10.2. The van der Waals surface area contributed by atoms with E-state index in [0.29, 0.717) is 17.4 Å². The fourth-order valence-electron chi connectivity index (χ4n) is 2.24. The molecule has 1 amide bonds. The molecular weight excluding hydrogens is 334 g/mol. The summed E-state index contributed by atoms with van der Waals surface area (Å²) in [5, 5.41) is 0. The summed E-state index contributed by atoms with van der Waals surface area (Å²) in [7, 11) is -3.82. The zero-order valence-electron chi connectivity index (χ0n) is 15.2. The molecule has 1 aromatic carbocycles. The van der Waals surface area contributed by atoms with Crippen molar-refractivity contribution in [2.45, 2.75) is 39.3 Å². The minimum absolute atomic E-state index is 0.0348. The molecule has 1 heterocycles. The first-order valence-electron chi connectivity index (χ1n) is 7.99. The number of aromatic nitrogens is 2. The van der Waals surface area contributed by atoms with Crippen LogP contribution in [0.1, 0.15) is 10.4 Å². The molecule has 0 aliphatic heterocycles. The summed E-state index contributed by atoms with van der Waals surface area (Å²) in [6.45, 7) is 12.6. The van der Waals surface area contributed by atoms with E-state index in [-0.39, 0.29) is 5.91 Å². The van der Waals surface area contributed by atoms with E-state index in [4.69, 9.17) is 4.43 Å². The van der Waals surface area contributed by atoms with Crippen molar-refractivity contribution in [3.8, 4) is 6.01 Å². The second-order valence-electron chi connectivity index (χ2n) is 7.59. The summed E-state index contributed by atoms with van der Waals surface area (Å²) in [5.41, 5.74) is 0.659. The van der Waals surface area contributed by atoms with E-state index in [1.165, 1.54) is 0 Å². The third kappa shape index (κ3) is 4.75. The predicted molar refractivity (Wildman–Crippen MR) is 103 cm³/mol. The Kier molecular flexibility index (Phi) is 5.24. The van der Waals surface area contributed by atoms with Gasteiger partial charge in [-0.05, 0) is 37.8 Å². The Morgan fingerprint density at radius 3 is 2.17 bits per heavy atom. The van der Waals surface area contributed by atoms with Crippen molar-refractivity contribution in [3.05, 3.63) is 48.2 Å². The monoisotopic (exact) mass is 359 g/mol. The molecule has 0 N–H and O–H groups in total. The summed E-state index contributed by atoms with van der Waals surface area (Å²) < 4.78 is 7.71. The number of amides is 1. The van der Waals surface area contributed by atoms with E-state index < -0.39 is 16.6 Å². The van der Waals surface area contributed by atoms with Crippen LogP contribution in [0.25, 0.3) is 0 Å². The number of carbonyl (C=O) groups is 1. The van der Waals surface area contributed by atoms with Gasteiger partial charge in [-0.25, -0.2) is 4.98 Å². The van der Waals surface area contributed by atoms with Crippen molar-refractivity contribution in [3.63, 3.8) is 0 Å². The van der Waals surface area contributed by atoms with Gasteiger partial charge in [-0.1, -0.05) is 37.8 Å². The lowest BCUT2D eigenvalue weighted by Gasteiger charge is -2.33. The summed E-state index contributed by atoms with van der Waals surface area (Å²) in [4.78, 5) is 21.8. The fourth-order valence-corrected chi connectivity index (χ4v) is 4.44. The molecule has 24 heavy (non-hydrogen) atoms. The topological polar surface area (TPSA) is 55.3 Å². The van der Waals surface area contributed by atoms with Crippen molar-refractivity contribution < 1.29 is 9.22 Å². The molecule has 0 atom stereocenters. The first-order chi connectivity index (χ1) is 11.1. The van der Waals surface area contributed by atoms with Crippen molar-refractivity contribution in [2.24, 2.45) is 0 Å². The number of hydrogen-bond donors (Lipinski definition) is 0. The van der Waals surface area contributed by atoms with Gasteiger partial charge in [-0.2, -0.15) is 4.98 Å². The quantitative estimate of drug-likeness (QED) is 0.752. The molecule has 0 saturated heterocycles. The third-order valence-electron chi connectivity index (χ3n) is 3.14. The highest BCUT2D eigenvalue weighted by Crippen LogP contribution is 2.24. The van der Waals surface area contributed by atoms with E-state index in [2.05, 4.69) is 49.3 Å². The molecule has 0 radical (unpaired) electrons. The van der Waals surface area contributed by atoms with Gasteiger partial charge in [-0.15, -0.1) is 0 Å². The zero-order chi connectivity index (χ0) is 18.0. The van der Waals surface area contributed by atoms with Gasteiger partial charge in [0.05, 0.1) is 0 Å². The predicted octanol–water partition coefficient (Wildman–Crippen LogP) is 4.17. The minimum atomic E-state index is -2.01. The average Bonchev–Trinajstić information content (AvgIpc) is 2.45. The number of rotatable bonds is 5. The molecule has 0 bridgehead atoms. The van der Waals surface area contributed by atoms with E-state index in [0.717, 1.165) is 0 Å². The second kappa shape index (κ2) is 6.86. The minimum Gasteiger partial charge on any atom is -0.518 e. The van der Waals surface area contributed by atoms with Gasteiger partial charge >= 0.3 is 6.01 Å². The van der Waals surface area contributed by atoms with E-state index in [9.17, 15) is 4.79 Å². The number of benzene rings is 1. The number of nitrogens with zero attached hydrogens (tertiary/aromatic N) is 3. The van der Waals surface area contributed by atoms with Crippen molar-refractivity contribution in [2.75, 3.05) is 4.57 Å². The zero-order valence-corrected chi connectivity index (χ0v) is 17.2. The molecule has 0 fully saturated rings. The van der Waals surface area contributed by atoms with Crippen LogP contribution in [0.5, 0.6) is 6.01 Å². The van der Waals surface area contributed by atoms with Gasteiger partial charge in [0, 0.05) is 11.8 Å². The number of anilines is 1. The van der Waals surface area contributed by atoms with Gasteiger partial charge in [0.15, 0.2) is 8.24 Å². The molecule has 2 aromatic rings. The van der Waals surface area contributed by atoms with Gasteiger partial charge in [0.2, 0.25) is 8.32 Å². The molecule has 1 aromatic heterocycles. The van der Waals surface area contributed by atoms with Crippen molar-refractivity contribution in [1.29, 1.82) is 0 Å². The van der Waals surface area contributed by atoms with Crippen LogP contribution in [0.4, 0.5) is 5.82 Å². The van der Waals surface area contributed by atoms with Crippen LogP contribution in [0, 0.1) is 0 Å². The van der Waals surface area contributed by atoms with Crippen LogP contribution >= 0.6 is 0 Å².